The Kier molecular flexibility index (Phi) is 4.74. The standard InChI is InChI=1S/C18H22N4O3/c1-3-8-19-18(25)22-16(12-4-5-12)10-15(21-22)14-7-6-13(9-17(14)24)20-11(2)23/h6-7,9-10,12,24H,3-5,8H2,1-2H3,(H,19,25)(H,20,23). The molecule has 7 nitrogen and oxygen atoms in total. The Labute approximate surface area is 146 Å². The van der Waals surface area contributed by atoms with Gasteiger partial charge in [-0.05, 0) is 37.5 Å². The summed E-state index contributed by atoms with van der Waals surface area (Å²) in [5, 5.41) is 20.1. The zero-order valence-electron chi connectivity index (χ0n) is 14.4. The van der Waals surface area contributed by atoms with Crippen molar-refractivity contribution in [3.05, 3.63) is 30.0 Å². The minimum absolute atomic E-state index is 0.00668. The van der Waals surface area contributed by atoms with E-state index in [1.54, 1.807) is 12.1 Å². The predicted octanol–water partition coefficient (Wildman–Crippen LogP) is 3.06. The van der Waals surface area contributed by atoms with Crippen molar-refractivity contribution < 1.29 is 14.7 Å². The van der Waals surface area contributed by atoms with Gasteiger partial charge in [-0.1, -0.05) is 6.92 Å². The second-order valence-corrected chi connectivity index (χ2v) is 6.29. The molecule has 0 unspecified atom stereocenters. The lowest BCUT2D eigenvalue weighted by Gasteiger charge is -2.07. The van der Waals surface area contributed by atoms with Gasteiger partial charge in [0.15, 0.2) is 0 Å². The zero-order chi connectivity index (χ0) is 18.0. The zero-order valence-corrected chi connectivity index (χ0v) is 14.4. The first kappa shape index (κ1) is 17.0. The highest BCUT2D eigenvalue weighted by atomic mass is 16.3. The van der Waals surface area contributed by atoms with Crippen LogP contribution in [-0.2, 0) is 4.79 Å². The van der Waals surface area contributed by atoms with Gasteiger partial charge >= 0.3 is 6.03 Å². The van der Waals surface area contributed by atoms with E-state index < -0.39 is 0 Å². The van der Waals surface area contributed by atoms with Crippen molar-refractivity contribution >= 4 is 17.6 Å². The second-order valence-electron chi connectivity index (χ2n) is 6.29. The maximum Gasteiger partial charge on any atom is 0.342 e. The number of hydrogen-bond donors (Lipinski definition) is 3. The highest BCUT2D eigenvalue weighted by molar-refractivity contribution is 5.89. The van der Waals surface area contributed by atoms with Crippen molar-refractivity contribution in [1.82, 2.24) is 15.1 Å². The first-order valence-electron chi connectivity index (χ1n) is 8.48. The maximum atomic E-state index is 12.3. The predicted molar refractivity (Wildman–Crippen MR) is 94.7 cm³/mol. The molecule has 0 radical (unpaired) electrons. The molecule has 0 aliphatic heterocycles. The fourth-order valence-electron chi connectivity index (χ4n) is 2.70. The van der Waals surface area contributed by atoms with Crippen LogP contribution in [-0.4, -0.2) is 33.4 Å². The average Bonchev–Trinajstić information content (AvgIpc) is 3.31. The van der Waals surface area contributed by atoms with Crippen LogP contribution in [0.1, 0.15) is 44.7 Å². The number of rotatable bonds is 5. The number of phenols is 1. The van der Waals surface area contributed by atoms with Gasteiger partial charge < -0.3 is 15.7 Å². The summed E-state index contributed by atoms with van der Waals surface area (Å²) in [5.41, 5.74) is 2.45. The Morgan fingerprint density at radius 2 is 2.08 bits per heavy atom. The van der Waals surface area contributed by atoms with Crippen molar-refractivity contribution in [3.63, 3.8) is 0 Å². The number of nitrogens with zero attached hydrogens (tertiary/aromatic N) is 2. The van der Waals surface area contributed by atoms with Crippen molar-refractivity contribution in [2.45, 2.75) is 39.0 Å². The summed E-state index contributed by atoms with van der Waals surface area (Å²) in [6, 6.07) is 6.47. The van der Waals surface area contributed by atoms with Gasteiger partial charge in [-0.15, -0.1) is 0 Å². The van der Waals surface area contributed by atoms with Crippen LogP contribution in [0.5, 0.6) is 5.75 Å². The largest absolute Gasteiger partial charge is 0.507 e. The maximum absolute atomic E-state index is 12.3. The Balaban J connectivity index is 1.92. The summed E-state index contributed by atoms with van der Waals surface area (Å²) < 4.78 is 1.41. The number of carbonyl (C=O) groups excluding carboxylic acids is 2. The number of nitrogens with one attached hydrogen (secondary N) is 2. The third kappa shape index (κ3) is 3.81. The highest BCUT2D eigenvalue weighted by Crippen LogP contribution is 2.42. The van der Waals surface area contributed by atoms with E-state index in [4.69, 9.17) is 0 Å². The molecule has 2 aromatic rings. The number of phenolic OH excluding ortho intramolecular Hbond substituents is 1. The van der Waals surface area contributed by atoms with E-state index in [1.165, 1.54) is 17.7 Å². The molecule has 132 valence electrons. The molecular weight excluding hydrogens is 320 g/mol. The Bertz CT molecular complexity index is 809. The molecule has 25 heavy (non-hydrogen) atoms. The molecule has 2 amide bonds. The number of benzene rings is 1. The molecule has 1 saturated carbocycles. The van der Waals surface area contributed by atoms with Crippen LogP contribution in [0.15, 0.2) is 24.3 Å². The Morgan fingerprint density at radius 3 is 2.68 bits per heavy atom. The lowest BCUT2D eigenvalue weighted by Crippen LogP contribution is -2.31. The molecule has 1 aromatic heterocycles. The van der Waals surface area contributed by atoms with Gasteiger partial charge in [0.25, 0.3) is 0 Å². The molecule has 0 spiro atoms. The summed E-state index contributed by atoms with van der Waals surface area (Å²) in [6.07, 6.45) is 2.93. The van der Waals surface area contributed by atoms with E-state index in [1.807, 2.05) is 13.0 Å². The molecule has 1 heterocycles. The lowest BCUT2D eigenvalue weighted by atomic mass is 10.1. The number of anilines is 1. The topological polar surface area (TPSA) is 96.3 Å². The normalized spacial score (nSPS) is 13.5. The van der Waals surface area contributed by atoms with E-state index >= 15 is 0 Å². The van der Waals surface area contributed by atoms with Gasteiger partial charge in [0.1, 0.15) is 5.75 Å². The smallest absolute Gasteiger partial charge is 0.342 e. The number of aromatic hydroxyl groups is 1. The number of carbonyl (C=O) groups is 2. The average molecular weight is 342 g/mol. The van der Waals surface area contributed by atoms with Gasteiger partial charge in [-0.25, -0.2) is 4.79 Å². The van der Waals surface area contributed by atoms with Crippen LogP contribution in [0.3, 0.4) is 0 Å². The van der Waals surface area contributed by atoms with E-state index in [0.29, 0.717) is 29.4 Å². The summed E-state index contributed by atoms with van der Waals surface area (Å²) in [4.78, 5) is 23.5. The Hall–Kier alpha value is -2.83. The molecule has 0 saturated heterocycles. The Morgan fingerprint density at radius 1 is 1.32 bits per heavy atom. The highest BCUT2D eigenvalue weighted by Gasteiger charge is 2.30. The third-order valence-electron chi connectivity index (χ3n) is 4.05. The van der Waals surface area contributed by atoms with Crippen molar-refractivity contribution in [2.75, 3.05) is 11.9 Å². The van der Waals surface area contributed by atoms with Crippen LogP contribution in [0, 0.1) is 0 Å². The SMILES string of the molecule is CCCNC(=O)n1nc(-c2ccc(NC(C)=O)cc2O)cc1C1CC1. The van der Waals surface area contributed by atoms with Gasteiger partial charge in [0.2, 0.25) is 5.91 Å². The van der Waals surface area contributed by atoms with Crippen LogP contribution < -0.4 is 10.6 Å². The van der Waals surface area contributed by atoms with Crippen molar-refractivity contribution in [3.8, 4) is 17.0 Å². The molecule has 1 aromatic carbocycles. The van der Waals surface area contributed by atoms with E-state index in [-0.39, 0.29) is 17.7 Å². The summed E-state index contributed by atoms with van der Waals surface area (Å²) in [7, 11) is 0. The number of aromatic nitrogens is 2. The monoisotopic (exact) mass is 342 g/mol. The molecule has 7 heteroatoms. The fourth-order valence-corrected chi connectivity index (χ4v) is 2.70. The van der Waals surface area contributed by atoms with Gasteiger partial charge in [-0.3, -0.25) is 4.79 Å². The van der Waals surface area contributed by atoms with Crippen molar-refractivity contribution in [1.29, 1.82) is 0 Å². The molecule has 0 atom stereocenters. The molecule has 1 fully saturated rings. The molecule has 1 aliphatic rings. The molecule has 3 rings (SSSR count). The van der Waals surface area contributed by atoms with E-state index in [0.717, 1.165) is 25.0 Å². The first-order chi connectivity index (χ1) is 12.0. The minimum atomic E-state index is -0.246. The fraction of sp³-hybridized carbons (Fsp3) is 0.389. The van der Waals surface area contributed by atoms with Crippen LogP contribution >= 0.6 is 0 Å². The van der Waals surface area contributed by atoms with E-state index in [9.17, 15) is 14.7 Å². The number of hydrogen-bond acceptors (Lipinski definition) is 4. The lowest BCUT2D eigenvalue weighted by molar-refractivity contribution is -0.114. The molecule has 3 N–H and O–H groups in total. The minimum Gasteiger partial charge on any atom is -0.507 e. The van der Waals surface area contributed by atoms with Gasteiger partial charge in [0.05, 0.1) is 11.4 Å². The third-order valence-corrected chi connectivity index (χ3v) is 4.05. The van der Waals surface area contributed by atoms with Crippen LogP contribution in [0.4, 0.5) is 10.5 Å². The van der Waals surface area contributed by atoms with Gasteiger partial charge in [0, 0.05) is 36.7 Å². The van der Waals surface area contributed by atoms with E-state index in [2.05, 4.69) is 15.7 Å². The number of amides is 2. The first-order valence-corrected chi connectivity index (χ1v) is 8.48. The van der Waals surface area contributed by atoms with Gasteiger partial charge in [-0.2, -0.15) is 9.78 Å². The molecular formula is C18H22N4O3. The van der Waals surface area contributed by atoms with Crippen molar-refractivity contribution in [2.24, 2.45) is 0 Å². The summed E-state index contributed by atoms with van der Waals surface area (Å²) in [6.45, 7) is 3.99. The molecule has 0 bridgehead atoms. The quantitative estimate of drug-likeness (QED) is 0.778. The van der Waals surface area contributed by atoms with Crippen LogP contribution in [0.25, 0.3) is 11.3 Å². The summed E-state index contributed by atoms with van der Waals surface area (Å²) in [5.74, 6) is 0.140. The molecule has 1 aliphatic carbocycles. The van der Waals surface area contributed by atoms with Crippen LogP contribution in [0.2, 0.25) is 0 Å². The summed E-state index contributed by atoms with van der Waals surface area (Å²) >= 11 is 0. The second kappa shape index (κ2) is 6.96.